The predicted octanol–water partition coefficient (Wildman–Crippen LogP) is 2.13. The van der Waals surface area contributed by atoms with Gasteiger partial charge in [0, 0.05) is 5.56 Å². The number of carbonyl (C=O) groups is 1. The van der Waals surface area contributed by atoms with Gasteiger partial charge in [-0.15, -0.1) is 0 Å². The van der Waals surface area contributed by atoms with Crippen molar-refractivity contribution in [2.75, 3.05) is 0 Å². The lowest BCUT2D eigenvalue weighted by atomic mass is 10.1. The van der Waals surface area contributed by atoms with Crippen LogP contribution in [0.25, 0.3) is 0 Å². The number of rotatable bonds is 1. The third-order valence-electron chi connectivity index (χ3n) is 1.64. The monoisotopic (exact) mass is 249 g/mol. The molecule has 1 aromatic carbocycles. The molecule has 0 bridgehead atoms. The van der Waals surface area contributed by atoms with Crippen molar-refractivity contribution >= 4 is 21.8 Å². The van der Waals surface area contributed by atoms with Crippen molar-refractivity contribution in [2.45, 2.75) is 6.92 Å². The highest BCUT2D eigenvalue weighted by Crippen LogP contribution is 2.25. The van der Waals surface area contributed by atoms with E-state index in [-0.39, 0.29) is 10.0 Å². The van der Waals surface area contributed by atoms with Crippen molar-refractivity contribution < 1.29 is 13.6 Å². The van der Waals surface area contributed by atoms with E-state index in [1.807, 2.05) is 0 Å². The Balaban J connectivity index is 3.50. The SMILES string of the molecule is Cc1c(F)c(C(N)=O)cc(F)c1Br. The van der Waals surface area contributed by atoms with E-state index in [0.717, 1.165) is 6.07 Å². The topological polar surface area (TPSA) is 43.1 Å². The van der Waals surface area contributed by atoms with Gasteiger partial charge in [0.1, 0.15) is 11.6 Å². The molecule has 1 amide bonds. The van der Waals surface area contributed by atoms with Crippen molar-refractivity contribution in [3.05, 3.63) is 33.3 Å². The zero-order valence-electron chi connectivity index (χ0n) is 6.70. The molecule has 13 heavy (non-hydrogen) atoms. The summed E-state index contributed by atoms with van der Waals surface area (Å²) in [7, 11) is 0. The van der Waals surface area contributed by atoms with E-state index in [0.29, 0.717) is 0 Å². The van der Waals surface area contributed by atoms with E-state index in [2.05, 4.69) is 15.9 Å². The maximum absolute atomic E-state index is 13.2. The van der Waals surface area contributed by atoms with Crippen LogP contribution >= 0.6 is 15.9 Å². The van der Waals surface area contributed by atoms with E-state index in [1.165, 1.54) is 6.92 Å². The second-order valence-corrected chi connectivity index (χ2v) is 3.32. The quantitative estimate of drug-likeness (QED) is 0.762. The van der Waals surface area contributed by atoms with Gasteiger partial charge in [0.05, 0.1) is 10.0 Å². The minimum absolute atomic E-state index is 0.00926. The number of amides is 1. The molecule has 1 aromatic rings. The number of carbonyl (C=O) groups excluding carboxylic acids is 1. The molecule has 0 radical (unpaired) electrons. The van der Waals surface area contributed by atoms with Gasteiger partial charge < -0.3 is 5.73 Å². The number of hydrogen-bond donors (Lipinski definition) is 1. The fraction of sp³-hybridized carbons (Fsp3) is 0.125. The summed E-state index contributed by atoms with van der Waals surface area (Å²) in [6, 6.07) is 0.773. The Morgan fingerprint density at radius 2 is 2.08 bits per heavy atom. The van der Waals surface area contributed by atoms with Crippen LogP contribution in [0, 0.1) is 18.6 Å². The molecular weight excluding hydrogens is 244 g/mol. The highest BCUT2D eigenvalue weighted by Gasteiger charge is 2.16. The van der Waals surface area contributed by atoms with Gasteiger partial charge in [0.15, 0.2) is 0 Å². The summed E-state index contributed by atoms with van der Waals surface area (Å²) >= 11 is 2.85. The molecule has 0 saturated carbocycles. The van der Waals surface area contributed by atoms with E-state index in [4.69, 9.17) is 5.73 Å². The molecule has 0 aromatic heterocycles. The van der Waals surface area contributed by atoms with Gasteiger partial charge in [-0.25, -0.2) is 8.78 Å². The maximum Gasteiger partial charge on any atom is 0.251 e. The summed E-state index contributed by atoms with van der Waals surface area (Å²) in [4.78, 5) is 10.6. The van der Waals surface area contributed by atoms with Crippen LogP contribution in [-0.4, -0.2) is 5.91 Å². The lowest BCUT2D eigenvalue weighted by molar-refractivity contribution is 0.0995. The molecule has 0 heterocycles. The first-order valence-corrected chi connectivity index (χ1v) is 4.18. The minimum Gasteiger partial charge on any atom is -0.366 e. The Morgan fingerprint density at radius 3 is 2.54 bits per heavy atom. The smallest absolute Gasteiger partial charge is 0.251 e. The molecule has 0 aliphatic heterocycles. The summed E-state index contributed by atoms with van der Waals surface area (Å²) in [6.45, 7) is 1.36. The molecule has 2 nitrogen and oxygen atoms in total. The average Bonchev–Trinajstić information content (AvgIpc) is 2.07. The van der Waals surface area contributed by atoms with Crippen molar-refractivity contribution in [3.63, 3.8) is 0 Å². The van der Waals surface area contributed by atoms with Crippen molar-refractivity contribution in [3.8, 4) is 0 Å². The maximum atomic E-state index is 13.2. The molecule has 0 unspecified atom stereocenters. The molecular formula is C8H6BrF2NO. The molecule has 0 fully saturated rings. The number of benzene rings is 1. The second-order valence-electron chi connectivity index (χ2n) is 2.52. The molecule has 0 aliphatic rings. The molecule has 0 saturated heterocycles. The summed E-state index contributed by atoms with van der Waals surface area (Å²) in [6.07, 6.45) is 0. The van der Waals surface area contributed by atoms with Crippen LogP contribution in [0.15, 0.2) is 10.5 Å². The van der Waals surface area contributed by atoms with Gasteiger partial charge in [-0.3, -0.25) is 4.79 Å². The summed E-state index contributed by atoms with van der Waals surface area (Å²) in [5.74, 6) is -2.47. The van der Waals surface area contributed by atoms with Gasteiger partial charge >= 0.3 is 0 Å². The zero-order valence-corrected chi connectivity index (χ0v) is 8.28. The number of hydrogen-bond acceptors (Lipinski definition) is 1. The molecule has 2 N–H and O–H groups in total. The van der Waals surface area contributed by atoms with Gasteiger partial charge in [-0.05, 0) is 28.9 Å². The van der Waals surface area contributed by atoms with Crippen molar-refractivity contribution in [1.29, 1.82) is 0 Å². The van der Waals surface area contributed by atoms with Crippen LogP contribution in [0.1, 0.15) is 15.9 Å². The molecule has 70 valence electrons. The third-order valence-corrected chi connectivity index (χ3v) is 2.61. The summed E-state index contributed by atoms with van der Waals surface area (Å²) in [5, 5.41) is 0. The van der Waals surface area contributed by atoms with Crippen molar-refractivity contribution in [1.82, 2.24) is 0 Å². The molecule has 5 heteroatoms. The van der Waals surface area contributed by atoms with Gasteiger partial charge in [-0.1, -0.05) is 0 Å². The Hall–Kier alpha value is -0.970. The fourth-order valence-electron chi connectivity index (χ4n) is 0.910. The lowest BCUT2D eigenvalue weighted by Gasteiger charge is -2.05. The van der Waals surface area contributed by atoms with E-state index < -0.39 is 23.1 Å². The van der Waals surface area contributed by atoms with E-state index in [9.17, 15) is 13.6 Å². The molecule has 1 rings (SSSR count). The van der Waals surface area contributed by atoms with Crippen molar-refractivity contribution in [2.24, 2.45) is 5.73 Å². The zero-order chi connectivity index (χ0) is 10.2. The minimum atomic E-state index is -0.980. The van der Waals surface area contributed by atoms with Crippen LogP contribution in [0.5, 0.6) is 0 Å². The molecule has 0 spiro atoms. The van der Waals surface area contributed by atoms with Gasteiger partial charge in [0.2, 0.25) is 0 Å². The van der Waals surface area contributed by atoms with E-state index in [1.54, 1.807) is 0 Å². The van der Waals surface area contributed by atoms with Crippen LogP contribution < -0.4 is 5.73 Å². The Bertz CT molecular complexity index is 379. The number of primary amides is 1. The largest absolute Gasteiger partial charge is 0.366 e. The van der Waals surface area contributed by atoms with Crippen LogP contribution in [-0.2, 0) is 0 Å². The Kier molecular flexibility index (Phi) is 2.66. The van der Waals surface area contributed by atoms with Crippen LogP contribution in [0.3, 0.4) is 0 Å². The van der Waals surface area contributed by atoms with E-state index >= 15 is 0 Å². The van der Waals surface area contributed by atoms with Crippen LogP contribution in [0.2, 0.25) is 0 Å². The Labute approximate surface area is 81.9 Å². The van der Waals surface area contributed by atoms with Gasteiger partial charge in [-0.2, -0.15) is 0 Å². The Morgan fingerprint density at radius 1 is 1.54 bits per heavy atom. The highest BCUT2D eigenvalue weighted by atomic mass is 79.9. The summed E-state index contributed by atoms with van der Waals surface area (Å²) < 4.78 is 26.2. The first kappa shape index (κ1) is 10.1. The number of nitrogens with two attached hydrogens (primary N) is 1. The average molecular weight is 250 g/mol. The van der Waals surface area contributed by atoms with Crippen LogP contribution in [0.4, 0.5) is 8.78 Å². The first-order valence-electron chi connectivity index (χ1n) is 3.39. The fourth-order valence-corrected chi connectivity index (χ4v) is 1.20. The molecule has 0 atom stereocenters. The summed E-state index contributed by atoms with van der Waals surface area (Å²) in [5.41, 5.74) is 4.45. The first-order chi connectivity index (χ1) is 5.95. The lowest BCUT2D eigenvalue weighted by Crippen LogP contribution is -2.14. The normalized spacial score (nSPS) is 10.2. The van der Waals surface area contributed by atoms with Gasteiger partial charge in [0.25, 0.3) is 5.91 Å². The standard InChI is InChI=1S/C8H6BrF2NO/c1-3-6(9)5(10)2-4(7(3)11)8(12)13/h2H,1H3,(H2,12,13). The molecule has 0 aliphatic carbocycles. The second kappa shape index (κ2) is 3.41. The predicted molar refractivity (Wildman–Crippen MR) is 47.3 cm³/mol. The highest BCUT2D eigenvalue weighted by molar-refractivity contribution is 9.10. The third kappa shape index (κ3) is 1.70. The number of halogens is 3.